The van der Waals surface area contributed by atoms with Crippen LogP contribution in [0.1, 0.15) is 82.2 Å². The first-order valence-electron chi connectivity index (χ1n) is 13.3. The van der Waals surface area contributed by atoms with Crippen LogP contribution in [0.15, 0.2) is 30.3 Å². The highest BCUT2D eigenvalue weighted by Gasteiger charge is 2.25. The number of hydrogen-bond donors (Lipinski definition) is 1. The molecule has 33 heavy (non-hydrogen) atoms. The summed E-state index contributed by atoms with van der Waals surface area (Å²) in [7, 11) is 0. The van der Waals surface area contributed by atoms with Gasteiger partial charge in [-0.3, -0.25) is 9.69 Å². The van der Waals surface area contributed by atoms with Crippen LogP contribution in [-0.4, -0.2) is 67.9 Å². The predicted octanol–water partition coefficient (Wildman–Crippen LogP) is 4.49. The fourth-order valence-electron chi connectivity index (χ4n) is 4.75. The highest BCUT2D eigenvalue weighted by molar-refractivity contribution is 5.83. The van der Waals surface area contributed by atoms with Crippen LogP contribution in [0.3, 0.4) is 0 Å². The number of piperazine rings is 1. The van der Waals surface area contributed by atoms with E-state index in [4.69, 9.17) is 15.2 Å². The van der Waals surface area contributed by atoms with Gasteiger partial charge in [0.05, 0.1) is 0 Å². The third-order valence-corrected chi connectivity index (χ3v) is 6.92. The largest absolute Gasteiger partial charge is 0.353 e. The van der Waals surface area contributed by atoms with Gasteiger partial charge in [0.2, 0.25) is 5.91 Å². The number of unbranched alkanes of at least 4 members (excludes halogenated alkanes) is 7. The minimum absolute atomic E-state index is 0.0507. The Morgan fingerprint density at radius 3 is 2.27 bits per heavy atom. The van der Waals surface area contributed by atoms with Crippen molar-refractivity contribution in [3.63, 3.8) is 0 Å². The summed E-state index contributed by atoms with van der Waals surface area (Å²) in [6, 6.07) is 9.14. The van der Waals surface area contributed by atoms with E-state index >= 15 is 0 Å². The summed E-state index contributed by atoms with van der Waals surface area (Å²) in [5, 5.41) is 0. The average Bonchev–Trinajstić information content (AvgIpc) is 2.88. The van der Waals surface area contributed by atoms with Crippen LogP contribution in [-0.2, 0) is 14.3 Å². The van der Waals surface area contributed by atoms with Crippen molar-refractivity contribution in [2.75, 3.05) is 45.9 Å². The molecule has 2 fully saturated rings. The molecule has 1 aromatic rings. The van der Waals surface area contributed by atoms with Gasteiger partial charge in [-0.2, -0.15) is 0 Å². The zero-order valence-electron chi connectivity index (χ0n) is 20.5. The minimum atomic E-state index is -0.545. The number of ether oxygens (including phenoxy) is 2. The average molecular weight is 460 g/mol. The standard InChI is InChI=1S/C27H45N3O3/c28-26(24-14-8-7-9-15-24)27(31)30-20-18-29(19-21-30)17-11-5-3-1-2-4-6-12-22-32-25-16-10-13-23-33-25/h7-9,14-15,25-26H,1-6,10-13,16-23,28H2. The first-order chi connectivity index (χ1) is 16.2. The Balaban J connectivity index is 1.12. The number of nitrogens with zero attached hydrogens (tertiary/aromatic N) is 2. The van der Waals surface area contributed by atoms with Gasteiger partial charge in [-0.05, 0) is 44.2 Å². The number of carbonyl (C=O) groups is 1. The molecule has 2 unspecified atom stereocenters. The van der Waals surface area contributed by atoms with E-state index in [1.807, 2.05) is 35.2 Å². The summed E-state index contributed by atoms with van der Waals surface area (Å²) in [6.45, 7) is 6.35. The van der Waals surface area contributed by atoms with Crippen molar-refractivity contribution < 1.29 is 14.3 Å². The molecule has 2 aliphatic rings. The van der Waals surface area contributed by atoms with Gasteiger partial charge in [0.15, 0.2) is 6.29 Å². The maximum absolute atomic E-state index is 12.7. The smallest absolute Gasteiger partial charge is 0.244 e. The molecule has 1 amide bonds. The first kappa shape index (κ1) is 26.1. The number of rotatable bonds is 14. The van der Waals surface area contributed by atoms with Crippen LogP contribution < -0.4 is 5.73 Å². The molecular weight excluding hydrogens is 414 g/mol. The number of amides is 1. The molecule has 0 radical (unpaired) electrons. The summed E-state index contributed by atoms with van der Waals surface area (Å²) >= 11 is 0. The minimum Gasteiger partial charge on any atom is -0.353 e. The summed E-state index contributed by atoms with van der Waals surface area (Å²) in [5.74, 6) is 0.0507. The quantitative estimate of drug-likeness (QED) is 0.415. The van der Waals surface area contributed by atoms with Crippen molar-refractivity contribution in [3.8, 4) is 0 Å². The van der Waals surface area contributed by atoms with Gasteiger partial charge in [-0.15, -0.1) is 0 Å². The molecule has 186 valence electrons. The molecule has 2 N–H and O–H groups in total. The molecule has 3 rings (SSSR count). The van der Waals surface area contributed by atoms with Crippen LogP contribution in [0, 0.1) is 0 Å². The van der Waals surface area contributed by atoms with E-state index in [1.165, 1.54) is 57.8 Å². The van der Waals surface area contributed by atoms with Gasteiger partial charge < -0.3 is 20.1 Å². The van der Waals surface area contributed by atoms with Crippen molar-refractivity contribution in [3.05, 3.63) is 35.9 Å². The Kier molecular flexibility index (Phi) is 12.2. The summed E-state index contributed by atoms with van der Waals surface area (Å²) in [6.07, 6.45) is 13.9. The molecule has 2 saturated heterocycles. The van der Waals surface area contributed by atoms with Crippen molar-refractivity contribution >= 4 is 5.91 Å². The highest BCUT2D eigenvalue weighted by Crippen LogP contribution is 2.16. The molecule has 6 heteroatoms. The van der Waals surface area contributed by atoms with E-state index in [9.17, 15) is 4.79 Å². The number of nitrogens with two attached hydrogens (primary N) is 1. The second kappa shape index (κ2) is 15.4. The Morgan fingerprint density at radius 1 is 0.939 bits per heavy atom. The van der Waals surface area contributed by atoms with Gasteiger partial charge in [0.25, 0.3) is 0 Å². The third-order valence-electron chi connectivity index (χ3n) is 6.92. The van der Waals surface area contributed by atoms with Crippen molar-refractivity contribution in [2.45, 2.75) is 83.0 Å². The number of hydrogen-bond acceptors (Lipinski definition) is 5. The normalized spacial score (nSPS) is 20.6. The fourth-order valence-corrected chi connectivity index (χ4v) is 4.75. The molecule has 2 heterocycles. The molecule has 1 aromatic carbocycles. The molecular formula is C27H45N3O3. The van der Waals surface area contributed by atoms with Crippen molar-refractivity contribution in [1.29, 1.82) is 0 Å². The van der Waals surface area contributed by atoms with E-state index in [2.05, 4.69) is 4.90 Å². The number of carbonyl (C=O) groups excluding carboxylic acids is 1. The van der Waals surface area contributed by atoms with E-state index in [0.717, 1.165) is 64.3 Å². The van der Waals surface area contributed by atoms with E-state index in [0.29, 0.717) is 0 Å². The van der Waals surface area contributed by atoms with Crippen molar-refractivity contribution in [2.24, 2.45) is 5.73 Å². The lowest BCUT2D eigenvalue weighted by atomic mass is 10.1. The molecule has 0 saturated carbocycles. The summed E-state index contributed by atoms with van der Waals surface area (Å²) in [4.78, 5) is 17.1. The lowest BCUT2D eigenvalue weighted by Crippen LogP contribution is -2.51. The molecule has 0 spiro atoms. The van der Waals surface area contributed by atoms with Crippen LogP contribution in [0.2, 0.25) is 0 Å². The molecule has 0 aliphatic carbocycles. The van der Waals surface area contributed by atoms with Crippen molar-refractivity contribution in [1.82, 2.24) is 9.80 Å². The Bertz CT molecular complexity index is 643. The lowest BCUT2D eigenvalue weighted by molar-refractivity contribution is -0.162. The predicted molar refractivity (Wildman–Crippen MR) is 133 cm³/mol. The second-order valence-corrected chi connectivity index (χ2v) is 9.55. The Labute approximate surface area is 200 Å². The summed E-state index contributed by atoms with van der Waals surface area (Å²) in [5.41, 5.74) is 7.09. The van der Waals surface area contributed by atoms with Gasteiger partial charge in [-0.1, -0.05) is 68.9 Å². The second-order valence-electron chi connectivity index (χ2n) is 9.55. The van der Waals surface area contributed by atoms with Crippen LogP contribution in [0.25, 0.3) is 0 Å². The highest BCUT2D eigenvalue weighted by atomic mass is 16.7. The van der Waals surface area contributed by atoms with E-state index in [1.54, 1.807) is 0 Å². The molecule has 6 nitrogen and oxygen atoms in total. The maximum Gasteiger partial charge on any atom is 0.244 e. The third kappa shape index (κ3) is 9.73. The van der Waals surface area contributed by atoms with Gasteiger partial charge in [0.1, 0.15) is 6.04 Å². The van der Waals surface area contributed by atoms with Crippen LogP contribution >= 0.6 is 0 Å². The molecule has 2 atom stereocenters. The van der Waals surface area contributed by atoms with E-state index in [-0.39, 0.29) is 12.2 Å². The topological polar surface area (TPSA) is 68.0 Å². The SMILES string of the molecule is NC(C(=O)N1CCN(CCCCCCCCCCOC2CCCCO2)CC1)c1ccccc1. The van der Waals surface area contributed by atoms with E-state index < -0.39 is 6.04 Å². The van der Waals surface area contributed by atoms with Crippen LogP contribution in [0.4, 0.5) is 0 Å². The molecule has 0 bridgehead atoms. The lowest BCUT2D eigenvalue weighted by Gasteiger charge is -2.36. The summed E-state index contributed by atoms with van der Waals surface area (Å²) < 4.78 is 11.4. The van der Waals surface area contributed by atoms with Gasteiger partial charge in [-0.25, -0.2) is 0 Å². The molecule has 0 aromatic heterocycles. The molecule has 2 aliphatic heterocycles. The zero-order chi connectivity index (χ0) is 23.1. The van der Waals surface area contributed by atoms with Gasteiger partial charge in [0, 0.05) is 39.4 Å². The first-order valence-corrected chi connectivity index (χ1v) is 13.3. The monoisotopic (exact) mass is 459 g/mol. The van der Waals surface area contributed by atoms with Crippen LogP contribution in [0.5, 0.6) is 0 Å². The number of benzene rings is 1. The maximum atomic E-state index is 12.7. The fraction of sp³-hybridized carbons (Fsp3) is 0.741. The Hall–Kier alpha value is -1.47. The zero-order valence-corrected chi connectivity index (χ0v) is 20.5. The Morgan fingerprint density at radius 2 is 1.61 bits per heavy atom. The van der Waals surface area contributed by atoms with Gasteiger partial charge >= 0.3 is 0 Å².